The van der Waals surface area contributed by atoms with Crippen molar-refractivity contribution in [3.05, 3.63) is 137 Å². The summed E-state index contributed by atoms with van der Waals surface area (Å²) < 4.78 is 20.6. The number of fused-ring (bicyclic) bond motifs is 2. The van der Waals surface area contributed by atoms with Gasteiger partial charge in [-0.1, -0.05) is 78.0 Å². The minimum Gasteiger partial charge on any atom is -0.478 e. The summed E-state index contributed by atoms with van der Waals surface area (Å²) in [6, 6.07) is 30.0. The molecule has 1 atom stereocenters. The van der Waals surface area contributed by atoms with Gasteiger partial charge in [-0.25, -0.2) is 9.18 Å². The Kier molecular flexibility index (Phi) is 6.77. The first-order chi connectivity index (χ1) is 19.9. The van der Waals surface area contributed by atoms with Crippen molar-refractivity contribution < 1.29 is 23.6 Å². The zero-order valence-corrected chi connectivity index (χ0v) is 22.1. The molecular formula is C34H25FN2O4. The number of nitrogens with one attached hydrogen (secondary N) is 1. The number of benzene rings is 5. The van der Waals surface area contributed by atoms with Crippen LogP contribution >= 0.6 is 0 Å². The second-order valence-electron chi connectivity index (χ2n) is 9.99. The highest BCUT2D eigenvalue weighted by molar-refractivity contribution is 6.09. The summed E-state index contributed by atoms with van der Waals surface area (Å²) in [5.41, 5.74) is 4.25. The van der Waals surface area contributed by atoms with Crippen molar-refractivity contribution in [2.45, 2.75) is 19.4 Å². The molecule has 2 N–H and O–H groups in total. The standard InChI is InChI=1S/C34H25FN2O4/c1-20(22-11-13-24(14-12-22)34(39)40)36-33(38)28-18-26(23-7-3-2-4-8-23)19-30-32(28)31(41-37-30)17-21-15-25-9-5-6-10-27(25)29(35)16-21/h2-16,18-20H,17H2,1H3,(H,36,38)(H,39,40)/t20-/m0/s1. The van der Waals surface area contributed by atoms with Crippen LogP contribution in [0.4, 0.5) is 4.39 Å². The van der Waals surface area contributed by atoms with Gasteiger partial charge in [0.15, 0.2) is 0 Å². The van der Waals surface area contributed by atoms with Crippen LogP contribution in [0, 0.1) is 5.82 Å². The minimum absolute atomic E-state index is 0.170. The van der Waals surface area contributed by atoms with Crippen LogP contribution in [0.2, 0.25) is 0 Å². The number of carbonyl (C=O) groups excluding carboxylic acids is 1. The monoisotopic (exact) mass is 544 g/mol. The number of nitrogens with zero attached hydrogens (tertiary/aromatic N) is 1. The van der Waals surface area contributed by atoms with Crippen molar-refractivity contribution >= 4 is 33.6 Å². The van der Waals surface area contributed by atoms with Gasteiger partial charge < -0.3 is 14.9 Å². The van der Waals surface area contributed by atoms with Gasteiger partial charge >= 0.3 is 5.97 Å². The predicted octanol–water partition coefficient (Wildman–Crippen LogP) is 7.57. The number of aromatic carboxylic acids is 1. The van der Waals surface area contributed by atoms with E-state index in [4.69, 9.17) is 4.52 Å². The lowest BCUT2D eigenvalue weighted by Crippen LogP contribution is -2.27. The van der Waals surface area contributed by atoms with Gasteiger partial charge in [0, 0.05) is 11.8 Å². The molecule has 202 valence electrons. The van der Waals surface area contributed by atoms with E-state index in [1.54, 1.807) is 24.3 Å². The third kappa shape index (κ3) is 5.17. The van der Waals surface area contributed by atoms with Gasteiger partial charge in [-0.3, -0.25) is 4.79 Å². The molecule has 1 aromatic heterocycles. The average Bonchev–Trinajstić information content (AvgIpc) is 3.39. The molecule has 41 heavy (non-hydrogen) atoms. The molecule has 6 aromatic rings. The van der Waals surface area contributed by atoms with E-state index in [1.165, 1.54) is 18.2 Å². The zero-order valence-electron chi connectivity index (χ0n) is 22.1. The molecular weight excluding hydrogens is 519 g/mol. The molecule has 0 unspecified atom stereocenters. The smallest absolute Gasteiger partial charge is 0.335 e. The van der Waals surface area contributed by atoms with Crippen molar-refractivity contribution in [1.82, 2.24) is 10.5 Å². The van der Waals surface area contributed by atoms with Crippen LogP contribution in [-0.2, 0) is 6.42 Å². The lowest BCUT2D eigenvalue weighted by molar-refractivity contribution is 0.0696. The number of rotatable bonds is 7. The van der Waals surface area contributed by atoms with Crippen molar-refractivity contribution in [2.24, 2.45) is 0 Å². The molecule has 0 bridgehead atoms. The Bertz CT molecular complexity index is 1910. The van der Waals surface area contributed by atoms with E-state index in [2.05, 4.69) is 10.5 Å². The van der Waals surface area contributed by atoms with Crippen LogP contribution in [0.25, 0.3) is 32.8 Å². The first-order valence-corrected chi connectivity index (χ1v) is 13.2. The molecule has 0 spiro atoms. The van der Waals surface area contributed by atoms with Gasteiger partial charge in [0.2, 0.25) is 0 Å². The van der Waals surface area contributed by atoms with Crippen LogP contribution in [0.1, 0.15) is 50.6 Å². The fourth-order valence-corrected chi connectivity index (χ4v) is 5.12. The number of carboxylic acids is 1. The number of aromatic nitrogens is 1. The third-order valence-corrected chi connectivity index (χ3v) is 7.24. The molecule has 0 aliphatic heterocycles. The largest absolute Gasteiger partial charge is 0.478 e. The molecule has 6 nitrogen and oxygen atoms in total. The Hall–Kier alpha value is -5.30. The van der Waals surface area contributed by atoms with E-state index in [-0.39, 0.29) is 23.7 Å². The van der Waals surface area contributed by atoms with E-state index in [9.17, 15) is 19.1 Å². The normalized spacial score (nSPS) is 12.0. The summed E-state index contributed by atoms with van der Waals surface area (Å²) in [7, 11) is 0. The molecule has 1 heterocycles. The highest BCUT2D eigenvalue weighted by atomic mass is 19.1. The van der Waals surface area contributed by atoms with Gasteiger partial charge in [-0.2, -0.15) is 0 Å². The summed E-state index contributed by atoms with van der Waals surface area (Å²) in [5, 5.41) is 18.4. The van der Waals surface area contributed by atoms with Gasteiger partial charge in [0.1, 0.15) is 17.1 Å². The van der Waals surface area contributed by atoms with Gasteiger partial charge in [0.05, 0.1) is 22.6 Å². The summed E-state index contributed by atoms with van der Waals surface area (Å²) in [4.78, 5) is 25.0. The summed E-state index contributed by atoms with van der Waals surface area (Å²) in [6.45, 7) is 1.83. The van der Waals surface area contributed by atoms with Crippen molar-refractivity contribution in [3.8, 4) is 11.1 Å². The summed E-state index contributed by atoms with van der Waals surface area (Å²) in [6.07, 6.45) is 0.245. The number of hydrogen-bond donors (Lipinski definition) is 2. The maximum absolute atomic E-state index is 14.9. The molecule has 1 amide bonds. The number of carbonyl (C=O) groups is 2. The molecule has 0 radical (unpaired) electrons. The molecule has 0 saturated carbocycles. The van der Waals surface area contributed by atoms with Gasteiger partial charge in [-0.05, 0) is 64.9 Å². The average molecular weight is 545 g/mol. The minimum atomic E-state index is -1.01. The molecule has 0 aliphatic carbocycles. The van der Waals surface area contributed by atoms with E-state index in [0.717, 1.165) is 22.1 Å². The van der Waals surface area contributed by atoms with Crippen molar-refractivity contribution in [1.29, 1.82) is 0 Å². The van der Waals surface area contributed by atoms with Crippen LogP contribution in [-0.4, -0.2) is 22.1 Å². The Morgan fingerprint density at radius 3 is 2.39 bits per heavy atom. The number of hydrogen-bond acceptors (Lipinski definition) is 4. The van der Waals surface area contributed by atoms with Crippen molar-refractivity contribution in [3.63, 3.8) is 0 Å². The van der Waals surface area contributed by atoms with E-state index < -0.39 is 12.0 Å². The van der Waals surface area contributed by atoms with Gasteiger partial charge in [-0.15, -0.1) is 0 Å². The summed E-state index contributed by atoms with van der Waals surface area (Å²) in [5.74, 6) is -1.22. The topological polar surface area (TPSA) is 92.4 Å². The quantitative estimate of drug-likeness (QED) is 0.216. The zero-order chi connectivity index (χ0) is 28.5. The van der Waals surface area contributed by atoms with E-state index in [0.29, 0.717) is 33.2 Å². The molecule has 7 heteroatoms. The Morgan fingerprint density at radius 1 is 0.902 bits per heavy atom. The second-order valence-corrected chi connectivity index (χ2v) is 9.99. The van der Waals surface area contributed by atoms with E-state index >= 15 is 0 Å². The van der Waals surface area contributed by atoms with E-state index in [1.807, 2.05) is 67.6 Å². The molecule has 5 aromatic carbocycles. The van der Waals surface area contributed by atoms with Crippen LogP contribution in [0.15, 0.2) is 108 Å². The fourth-order valence-electron chi connectivity index (χ4n) is 5.12. The molecule has 0 aliphatic rings. The lowest BCUT2D eigenvalue weighted by Gasteiger charge is -2.16. The first kappa shape index (κ1) is 26.0. The molecule has 0 fully saturated rings. The first-order valence-electron chi connectivity index (χ1n) is 13.2. The van der Waals surface area contributed by atoms with Crippen LogP contribution in [0.5, 0.6) is 0 Å². The third-order valence-electron chi connectivity index (χ3n) is 7.24. The van der Waals surface area contributed by atoms with Crippen LogP contribution in [0.3, 0.4) is 0 Å². The fraction of sp³-hybridized carbons (Fsp3) is 0.0882. The maximum Gasteiger partial charge on any atom is 0.335 e. The lowest BCUT2D eigenvalue weighted by atomic mass is 9.96. The Balaban J connectivity index is 1.40. The number of halogens is 1. The molecule has 6 rings (SSSR count). The predicted molar refractivity (Wildman–Crippen MR) is 155 cm³/mol. The number of carboxylic acid groups (broad SMARTS) is 1. The SMILES string of the molecule is C[C@H](NC(=O)c1cc(-c2ccccc2)cc2noc(Cc3cc(F)c4ccccc4c3)c12)c1ccc(C(=O)O)cc1. The number of amides is 1. The van der Waals surface area contributed by atoms with Crippen LogP contribution < -0.4 is 5.32 Å². The maximum atomic E-state index is 14.9. The molecule has 0 saturated heterocycles. The Labute approximate surface area is 235 Å². The second kappa shape index (κ2) is 10.7. The summed E-state index contributed by atoms with van der Waals surface area (Å²) >= 11 is 0. The highest BCUT2D eigenvalue weighted by Crippen LogP contribution is 2.32. The Morgan fingerprint density at radius 2 is 1.63 bits per heavy atom. The highest BCUT2D eigenvalue weighted by Gasteiger charge is 2.22. The van der Waals surface area contributed by atoms with Gasteiger partial charge in [0.25, 0.3) is 5.91 Å². The van der Waals surface area contributed by atoms with Crippen molar-refractivity contribution in [2.75, 3.05) is 0 Å².